The van der Waals surface area contributed by atoms with Gasteiger partial charge >= 0.3 is 0 Å². The highest BCUT2D eigenvalue weighted by Gasteiger charge is 2.30. The first-order chi connectivity index (χ1) is 9.87. The van der Waals surface area contributed by atoms with E-state index in [-0.39, 0.29) is 24.6 Å². The van der Waals surface area contributed by atoms with Crippen molar-refractivity contribution in [3.05, 3.63) is 35.6 Å². The molecule has 0 amide bonds. The SMILES string of the molecule is CC1CN(S(=O)(=O)NCCc2ccc(F)cc2)CC(C)O1. The molecule has 7 heteroatoms. The lowest BCUT2D eigenvalue weighted by atomic mass is 10.1. The van der Waals surface area contributed by atoms with Crippen LogP contribution in [0.5, 0.6) is 0 Å². The molecule has 2 atom stereocenters. The molecule has 1 aromatic rings. The number of benzene rings is 1. The van der Waals surface area contributed by atoms with Crippen LogP contribution in [0.2, 0.25) is 0 Å². The van der Waals surface area contributed by atoms with E-state index < -0.39 is 10.2 Å². The van der Waals surface area contributed by atoms with Gasteiger partial charge in [0.15, 0.2) is 0 Å². The van der Waals surface area contributed by atoms with E-state index in [0.29, 0.717) is 19.5 Å². The fourth-order valence-corrected chi connectivity index (χ4v) is 3.75. The van der Waals surface area contributed by atoms with Gasteiger partial charge in [0.1, 0.15) is 5.82 Å². The molecule has 1 saturated heterocycles. The maximum atomic E-state index is 12.8. The molecule has 1 aliphatic rings. The highest BCUT2D eigenvalue weighted by molar-refractivity contribution is 7.87. The van der Waals surface area contributed by atoms with E-state index in [9.17, 15) is 12.8 Å². The third kappa shape index (κ3) is 4.74. The largest absolute Gasteiger partial charge is 0.373 e. The van der Waals surface area contributed by atoms with Gasteiger partial charge in [0.25, 0.3) is 10.2 Å². The van der Waals surface area contributed by atoms with Crippen molar-refractivity contribution in [1.82, 2.24) is 9.03 Å². The number of ether oxygens (including phenoxy) is 1. The van der Waals surface area contributed by atoms with Crippen LogP contribution in [-0.4, -0.2) is 44.6 Å². The van der Waals surface area contributed by atoms with Crippen molar-refractivity contribution in [2.75, 3.05) is 19.6 Å². The molecule has 0 saturated carbocycles. The molecule has 0 radical (unpaired) electrons. The van der Waals surface area contributed by atoms with Gasteiger partial charge in [-0.1, -0.05) is 12.1 Å². The summed E-state index contributed by atoms with van der Waals surface area (Å²) in [5.74, 6) is -0.296. The van der Waals surface area contributed by atoms with Crippen molar-refractivity contribution in [1.29, 1.82) is 0 Å². The van der Waals surface area contributed by atoms with Gasteiger partial charge in [0, 0.05) is 19.6 Å². The van der Waals surface area contributed by atoms with Gasteiger partial charge in [0.05, 0.1) is 12.2 Å². The van der Waals surface area contributed by atoms with E-state index in [4.69, 9.17) is 4.74 Å². The standard InChI is InChI=1S/C14H21FN2O3S/c1-11-9-17(10-12(2)20-11)21(18,19)16-8-7-13-3-5-14(15)6-4-13/h3-6,11-12,16H,7-10H2,1-2H3. The summed E-state index contributed by atoms with van der Waals surface area (Å²) in [7, 11) is -3.50. The second-order valence-corrected chi connectivity index (χ2v) is 7.11. The summed E-state index contributed by atoms with van der Waals surface area (Å²) in [6.45, 7) is 4.72. The summed E-state index contributed by atoms with van der Waals surface area (Å²) in [5.41, 5.74) is 0.891. The van der Waals surface area contributed by atoms with Crippen molar-refractivity contribution in [3.8, 4) is 0 Å². The number of hydrogen-bond donors (Lipinski definition) is 1. The van der Waals surface area contributed by atoms with Crippen LogP contribution in [0.3, 0.4) is 0 Å². The van der Waals surface area contributed by atoms with Gasteiger partial charge in [-0.15, -0.1) is 0 Å². The molecule has 1 heterocycles. The minimum atomic E-state index is -3.50. The van der Waals surface area contributed by atoms with Crippen LogP contribution in [0.25, 0.3) is 0 Å². The zero-order valence-corrected chi connectivity index (χ0v) is 13.1. The Balaban J connectivity index is 1.87. The first-order valence-corrected chi connectivity index (χ1v) is 8.45. The highest BCUT2D eigenvalue weighted by Crippen LogP contribution is 2.13. The first kappa shape index (κ1) is 16.4. The molecule has 0 spiro atoms. The van der Waals surface area contributed by atoms with E-state index in [0.717, 1.165) is 5.56 Å². The van der Waals surface area contributed by atoms with Crippen LogP contribution < -0.4 is 4.72 Å². The van der Waals surface area contributed by atoms with Crippen LogP contribution in [0.4, 0.5) is 4.39 Å². The van der Waals surface area contributed by atoms with E-state index in [1.54, 1.807) is 12.1 Å². The van der Waals surface area contributed by atoms with Crippen molar-refractivity contribution < 1.29 is 17.5 Å². The normalized spacial score (nSPS) is 24.1. The Morgan fingerprint density at radius 1 is 1.24 bits per heavy atom. The Kier molecular flexibility index (Phi) is 5.32. The van der Waals surface area contributed by atoms with Crippen LogP contribution in [0.1, 0.15) is 19.4 Å². The van der Waals surface area contributed by atoms with Gasteiger partial charge in [0.2, 0.25) is 0 Å². The van der Waals surface area contributed by atoms with Crippen LogP contribution in [-0.2, 0) is 21.4 Å². The summed E-state index contributed by atoms with van der Waals surface area (Å²) in [6.07, 6.45) is 0.305. The quantitative estimate of drug-likeness (QED) is 0.891. The summed E-state index contributed by atoms with van der Waals surface area (Å²) in [6, 6.07) is 6.05. The molecule has 21 heavy (non-hydrogen) atoms. The summed E-state index contributed by atoms with van der Waals surface area (Å²) >= 11 is 0. The molecule has 0 bridgehead atoms. The Morgan fingerprint density at radius 2 is 1.81 bits per heavy atom. The highest BCUT2D eigenvalue weighted by atomic mass is 32.2. The summed E-state index contributed by atoms with van der Waals surface area (Å²) in [4.78, 5) is 0. The Morgan fingerprint density at radius 3 is 2.38 bits per heavy atom. The monoisotopic (exact) mass is 316 g/mol. The number of hydrogen-bond acceptors (Lipinski definition) is 3. The smallest absolute Gasteiger partial charge is 0.279 e. The lowest BCUT2D eigenvalue weighted by Gasteiger charge is -2.34. The van der Waals surface area contributed by atoms with E-state index >= 15 is 0 Å². The van der Waals surface area contributed by atoms with Crippen molar-refractivity contribution >= 4 is 10.2 Å². The van der Waals surface area contributed by atoms with Crippen molar-refractivity contribution in [2.45, 2.75) is 32.5 Å². The van der Waals surface area contributed by atoms with Crippen LogP contribution in [0, 0.1) is 5.82 Å². The average Bonchev–Trinajstić information content (AvgIpc) is 2.40. The minimum absolute atomic E-state index is 0.109. The topological polar surface area (TPSA) is 58.6 Å². The average molecular weight is 316 g/mol. The third-order valence-corrected chi connectivity index (χ3v) is 4.88. The molecule has 2 rings (SSSR count). The number of halogens is 1. The predicted octanol–water partition coefficient (Wildman–Crippen LogP) is 1.31. The number of nitrogens with one attached hydrogen (secondary N) is 1. The zero-order chi connectivity index (χ0) is 15.5. The minimum Gasteiger partial charge on any atom is -0.373 e. The predicted molar refractivity (Wildman–Crippen MR) is 78.6 cm³/mol. The Bertz CT molecular complexity index is 552. The van der Waals surface area contributed by atoms with Gasteiger partial charge in [-0.25, -0.2) is 9.11 Å². The molecular weight excluding hydrogens is 295 g/mol. The van der Waals surface area contributed by atoms with Crippen molar-refractivity contribution in [2.24, 2.45) is 0 Å². The van der Waals surface area contributed by atoms with Gasteiger partial charge in [-0.2, -0.15) is 12.7 Å². The zero-order valence-electron chi connectivity index (χ0n) is 12.3. The molecule has 1 aromatic carbocycles. The first-order valence-electron chi connectivity index (χ1n) is 7.01. The maximum Gasteiger partial charge on any atom is 0.279 e. The maximum absolute atomic E-state index is 12.8. The Hall–Kier alpha value is -1.02. The van der Waals surface area contributed by atoms with Crippen LogP contribution in [0.15, 0.2) is 24.3 Å². The Labute approximate surface area is 125 Å². The number of rotatable bonds is 5. The van der Waals surface area contributed by atoms with Gasteiger partial charge < -0.3 is 4.74 Å². The second kappa shape index (κ2) is 6.83. The molecule has 1 aliphatic heterocycles. The number of nitrogens with zero attached hydrogens (tertiary/aromatic N) is 1. The summed E-state index contributed by atoms with van der Waals surface area (Å²) < 4.78 is 46.7. The molecule has 5 nitrogen and oxygen atoms in total. The van der Waals surface area contributed by atoms with Crippen LogP contribution >= 0.6 is 0 Å². The lowest BCUT2D eigenvalue weighted by molar-refractivity contribution is -0.0443. The molecule has 1 fully saturated rings. The van der Waals surface area contributed by atoms with E-state index in [2.05, 4.69) is 4.72 Å². The molecule has 0 aliphatic carbocycles. The molecule has 1 N–H and O–H groups in total. The van der Waals surface area contributed by atoms with E-state index in [1.165, 1.54) is 16.4 Å². The van der Waals surface area contributed by atoms with Crippen molar-refractivity contribution in [3.63, 3.8) is 0 Å². The molecular formula is C14H21FN2O3S. The summed E-state index contributed by atoms with van der Waals surface area (Å²) in [5, 5.41) is 0. The molecule has 0 aromatic heterocycles. The number of morpholine rings is 1. The van der Waals surface area contributed by atoms with Gasteiger partial charge in [-0.05, 0) is 38.0 Å². The fourth-order valence-electron chi connectivity index (χ4n) is 2.39. The third-order valence-electron chi connectivity index (χ3n) is 3.34. The van der Waals surface area contributed by atoms with E-state index in [1.807, 2.05) is 13.8 Å². The fraction of sp³-hybridized carbons (Fsp3) is 0.571. The lowest BCUT2D eigenvalue weighted by Crippen LogP contribution is -2.52. The van der Waals surface area contributed by atoms with Gasteiger partial charge in [-0.3, -0.25) is 0 Å². The molecule has 2 unspecified atom stereocenters. The molecule has 118 valence electrons. The second-order valence-electron chi connectivity index (χ2n) is 5.35.